The van der Waals surface area contributed by atoms with Crippen LogP contribution in [-0.4, -0.2) is 29.3 Å². The molecule has 4 nitrogen and oxygen atoms in total. The first-order valence-electron chi connectivity index (χ1n) is 7.49. The Balaban J connectivity index is 2.72. The molecule has 0 fully saturated rings. The maximum Gasteiger partial charge on any atom is 0.158 e. The average Bonchev–Trinajstić information content (AvgIpc) is 2.45. The van der Waals surface area contributed by atoms with Crippen LogP contribution < -0.4 is 5.32 Å². The minimum Gasteiger partial charge on any atom is -0.391 e. The van der Waals surface area contributed by atoms with Crippen LogP contribution in [0.1, 0.15) is 38.7 Å². The predicted octanol–water partition coefficient (Wildman–Crippen LogP) is 2.19. The largest absolute Gasteiger partial charge is 0.391 e. The van der Waals surface area contributed by atoms with Crippen LogP contribution in [0.4, 0.5) is 0 Å². The molecule has 0 radical (unpaired) electrons. The van der Waals surface area contributed by atoms with Crippen LogP contribution in [0.15, 0.2) is 41.6 Å². The summed E-state index contributed by atoms with van der Waals surface area (Å²) in [6.45, 7) is 4.67. The molecule has 22 heavy (non-hydrogen) atoms. The topological polar surface area (TPSA) is 66.4 Å². The van der Waals surface area contributed by atoms with Crippen molar-refractivity contribution in [1.29, 1.82) is 0 Å². The van der Waals surface area contributed by atoms with Gasteiger partial charge in [-0.15, -0.1) is 0 Å². The fourth-order valence-corrected chi connectivity index (χ4v) is 3.62. The first-order valence-corrected chi connectivity index (χ1v) is 7.49. The van der Waals surface area contributed by atoms with Crippen molar-refractivity contribution in [1.82, 2.24) is 5.32 Å². The van der Waals surface area contributed by atoms with Crippen molar-refractivity contribution in [3.63, 3.8) is 0 Å². The molecular formula is C18H23NO3. The zero-order valence-corrected chi connectivity index (χ0v) is 13.5. The fraction of sp³-hybridized carbons (Fsp3) is 0.444. The number of rotatable bonds is 4. The summed E-state index contributed by atoms with van der Waals surface area (Å²) < 4.78 is 0. The van der Waals surface area contributed by atoms with Gasteiger partial charge in [-0.3, -0.25) is 9.59 Å². The van der Waals surface area contributed by atoms with Crippen LogP contribution in [0.3, 0.4) is 0 Å². The summed E-state index contributed by atoms with van der Waals surface area (Å²) in [4.78, 5) is 24.5. The summed E-state index contributed by atoms with van der Waals surface area (Å²) in [5, 5.41) is 13.9. The number of hydrogen-bond acceptors (Lipinski definition) is 4. The van der Waals surface area contributed by atoms with Gasteiger partial charge in [0, 0.05) is 30.7 Å². The second-order valence-corrected chi connectivity index (χ2v) is 6.21. The van der Waals surface area contributed by atoms with Crippen molar-refractivity contribution >= 4 is 11.6 Å². The Morgan fingerprint density at radius 1 is 1.23 bits per heavy atom. The van der Waals surface area contributed by atoms with E-state index in [1.54, 1.807) is 14.0 Å². The summed E-state index contributed by atoms with van der Waals surface area (Å²) >= 11 is 0. The molecule has 4 heteroatoms. The van der Waals surface area contributed by atoms with Gasteiger partial charge in [-0.1, -0.05) is 30.3 Å². The van der Waals surface area contributed by atoms with Gasteiger partial charge in [0.25, 0.3) is 0 Å². The van der Waals surface area contributed by atoms with Crippen molar-refractivity contribution in [3.8, 4) is 0 Å². The number of nitrogens with one attached hydrogen (secondary N) is 1. The minimum atomic E-state index is -1.19. The molecule has 2 N–H and O–H groups in total. The SMILES string of the molecule is CNC1=C(C(C)=O)C(c2ccccc2)C(C(C)=O)C(C)(O)C1. The Morgan fingerprint density at radius 3 is 2.27 bits per heavy atom. The standard InChI is InChI=1S/C18H23NO3/c1-11(20)15-14(19-4)10-18(3,22)17(12(2)21)16(15)13-8-6-5-7-9-13/h5-9,16-17,19,22H,10H2,1-4H3. The number of carbonyl (C=O) groups is 2. The van der Waals surface area contributed by atoms with E-state index in [1.165, 1.54) is 13.8 Å². The molecule has 0 spiro atoms. The summed E-state index contributed by atoms with van der Waals surface area (Å²) in [5.74, 6) is -1.24. The highest BCUT2D eigenvalue weighted by Crippen LogP contribution is 2.46. The molecule has 0 saturated heterocycles. The van der Waals surface area contributed by atoms with Crippen molar-refractivity contribution in [2.75, 3.05) is 7.05 Å². The maximum atomic E-state index is 12.2. The summed E-state index contributed by atoms with van der Waals surface area (Å²) in [6.07, 6.45) is 0.270. The van der Waals surface area contributed by atoms with E-state index in [9.17, 15) is 14.7 Å². The number of hydrogen-bond donors (Lipinski definition) is 2. The molecule has 118 valence electrons. The van der Waals surface area contributed by atoms with Gasteiger partial charge in [0.15, 0.2) is 5.78 Å². The highest BCUT2D eigenvalue weighted by atomic mass is 16.3. The number of aliphatic hydroxyl groups is 1. The minimum absolute atomic E-state index is 0.0695. The lowest BCUT2D eigenvalue weighted by Gasteiger charge is -2.43. The Hall–Kier alpha value is -1.94. The molecule has 0 aromatic heterocycles. The van der Waals surface area contributed by atoms with E-state index in [4.69, 9.17) is 0 Å². The van der Waals surface area contributed by atoms with E-state index in [1.807, 2.05) is 30.3 Å². The predicted molar refractivity (Wildman–Crippen MR) is 85.4 cm³/mol. The zero-order chi connectivity index (χ0) is 16.5. The molecule has 3 unspecified atom stereocenters. The van der Waals surface area contributed by atoms with Crippen molar-refractivity contribution in [2.45, 2.75) is 38.7 Å². The third kappa shape index (κ3) is 2.83. The van der Waals surface area contributed by atoms with Crippen LogP contribution in [-0.2, 0) is 9.59 Å². The summed E-state index contributed by atoms with van der Waals surface area (Å²) in [5.41, 5.74) is 0.994. The maximum absolute atomic E-state index is 12.2. The molecular weight excluding hydrogens is 278 g/mol. The molecule has 0 aliphatic heterocycles. The van der Waals surface area contributed by atoms with E-state index in [-0.39, 0.29) is 18.0 Å². The van der Waals surface area contributed by atoms with Gasteiger partial charge in [0.1, 0.15) is 5.78 Å². The highest BCUT2D eigenvalue weighted by Gasteiger charge is 2.48. The van der Waals surface area contributed by atoms with Gasteiger partial charge in [0.2, 0.25) is 0 Å². The van der Waals surface area contributed by atoms with E-state index in [0.717, 1.165) is 5.56 Å². The molecule has 2 rings (SSSR count). The second-order valence-electron chi connectivity index (χ2n) is 6.21. The van der Waals surface area contributed by atoms with Gasteiger partial charge in [-0.05, 0) is 26.3 Å². The van der Waals surface area contributed by atoms with Gasteiger partial charge in [-0.25, -0.2) is 0 Å². The number of ketones is 2. The van der Waals surface area contributed by atoms with Crippen molar-refractivity contribution in [3.05, 3.63) is 47.2 Å². The van der Waals surface area contributed by atoms with Gasteiger partial charge in [0.05, 0.1) is 11.5 Å². The molecule has 1 aliphatic rings. The lowest BCUT2D eigenvalue weighted by atomic mass is 9.64. The lowest BCUT2D eigenvalue weighted by Crippen LogP contribution is -2.48. The molecule has 0 bridgehead atoms. The molecule has 0 heterocycles. The molecule has 0 amide bonds. The van der Waals surface area contributed by atoms with E-state index >= 15 is 0 Å². The Kier molecular flexibility index (Phi) is 4.52. The number of carbonyl (C=O) groups excluding carboxylic acids is 2. The highest BCUT2D eigenvalue weighted by molar-refractivity contribution is 5.98. The Bertz CT molecular complexity index is 616. The molecule has 1 aromatic rings. The second kappa shape index (κ2) is 6.05. The van der Waals surface area contributed by atoms with Crippen LogP contribution >= 0.6 is 0 Å². The molecule has 3 atom stereocenters. The zero-order valence-electron chi connectivity index (χ0n) is 13.5. The Morgan fingerprint density at radius 2 is 1.82 bits per heavy atom. The van der Waals surface area contributed by atoms with Crippen molar-refractivity contribution in [2.24, 2.45) is 5.92 Å². The van der Waals surface area contributed by atoms with Gasteiger partial charge < -0.3 is 10.4 Å². The molecule has 1 aromatic carbocycles. The van der Waals surface area contributed by atoms with Gasteiger partial charge in [-0.2, -0.15) is 0 Å². The number of benzene rings is 1. The van der Waals surface area contributed by atoms with Crippen LogP contribution in [0.2, 0.25) is 0 Å². The Labute approximate surface area is 131 Å². The van der Waals surface area contributed by atoms with Gasteiger partial charge >= 0.3 is 0 Å². The first kappa shape index (κ1) is 16.4. The lowest BCUT2D eigenvalue weighted by molar-refractivity contribution is -0.131. The van der Waals surface area contributed by atoms with Crippen molar-refractivity contribution < 1.29 is 14.7 Å². The summed E-state index contributed by atoms with van der Waals surface area (Å²) in [7, 11) is 1.74. The average molecular weight is 301 g/mol. The first-order chi connectivity index (χ1) is 10.3. The van der Waals surface area contributed by atoms with E-state index in [0.29, 0.717) is 11.3 Å². The smallest absolute Gasteiger partial charge is 0.158 e. The monoisotopic (exact) mass is 301 g/mol. The third-order valence-electron chi connectivity index (χ3n) is 4.45. The van der Waals surface area contributed by atoms with Crippen LogP contribution in [0.5, 0.6) is 0 Å². The van der Waals surface area contributed by atoms with Crippen LogP contribution in [0.25, 0.3) is 0 Å². The normalized spacial score (nSPS) is 28.4. The summed E-state index contributed by atoms with van der Waals surface area (Å²) in [6, 6.07) is 9.46. The van der Waals surface area contributed by atoms with Crippen LogP contribution in [0, 0.1) is 5.92 Å². The molecule has 1 aliphatic carbocycles. The number of allylic oxidation sites excluding steroid dienone is 1. The number of Topliss-reactive ketones (excluding diaryl/α,β-unsaturated/α-hetero) is 2. The third-order valence-corrected chi connectivity index (χ3v) is 4.45. The van der Waals surface area contributed by atoms with E-state index < -0.39 is 17.4 Å². The molecule has 0 saturated carbocycles. The van der Waals surface area contributed by atoms with E-state index in [2.05, 4.69) is 5.32 Å². The fourth-order valence-electron chi connectivity index (χ4n) is 3.62. The quantitative estimate of drug-likeness (QED) is 0.894.